The van der Waals surface area contributed by atoms with Crippen molar-refractivity contribution in [1.82, 2.24) is 25.1 Å². The summed E-state index contributed by atoms with van der Waals surface area (Å²) >= 11 is 1.60. The van der Waals surface area contributed by atoms with Crippen LogP contribution in [-0.2, 0) is 14.4 Å². The molecule has 3 rings (SSSR count). The number of carboxylic acid groups (broad SMARTS) is 3. The maximum Gasteiger partial charge on any atom is 0.300 e. The van der Waals surface area contributed by atoms with E-state index in [1.54, 1.807) is 54.2 Å². The summed E-state index contributed by atoms with van der Waals surface area (Å²) in [6, 6.07) is 1.83. The maximum absolute atomic E-state index is 9.00. The summed E-state index contributed by atoms with van der Waals surface area (Å²) in [5, 5.41) is 30.4. The van der Waals surface area contributed by atoms with Crippen LogP contribution in [0.15, 0.2) is 54.3 Å². The van der Waals surface area contributed by atoms with Crippen molar-refractivity contribution in [2.45, 2.75) is 83.1 Å². The van der Waals surface area contributed by atoms with Crippen LogP contribution in [0.5, 0.6) is 0 Å². The fraction of sp³-hybridized carbons (Fsp3) is 0.556. The SMILES string of the molecule is CC(=O)O.CC(=O)O.CC(=O)O.CC(C)C.CC(C)C.CC(C)C.c1c[nH]cn1.c1cn[nH]c1.c1cscn1. The number of aromatic amines is 2. The lowest BCUT2D eigenvalue weighted by Gasteiger charge is -1.79. The van der Waals surface area contributed by atoms with Crippen molar-refractivity contribution in [2.75, 3.05) is 0 Å². The summed E-state index contributed by atoms with van der Waals surface area (Å²) in [7, 11) is 0. The maximum atomic E-state index is 9.00. The Kier molecular flexibility index (Phi) is 55.3. The molecule has 0 saturated heterocycles. The number of carboxylic acids is 3. The topological polar surface area (TPSA) is 182 Å². The van der Waals surface area contributed by atoms with Gasteiger partial charge in [0.05, 0.1) is 11.8 Å². The largest absolute Gasteiger partial charge is 0.481 e. The number of hydrogen-bond donors (Lipinski definition) is 5. The number of imidazole rings is 1. The molecule has 0 bridgehead atoms. The molecule has 0 atom stereocenters. The summed E-state index contributed by atoms with van der Waals surface area (Å²) in [6.45, 7) is 22.8. The molecular formula is C27H53N5O6S. The van der Waals surface area contributed by atoms with Gasteiger partial charge in [-0.1, -0.05) is 62.3 Å². The van der Waals surface area contributed by atoms with E-state index in [1.807, 2.05) is 11.4 Å². The zero-order valence-corrected chi connectivity index (χ0v) is 26.6. The highest BCUT2D eigenvalue weighted by Crippen LogP contribution is 1.86. The smallest absolute Gasteiger partial charge is 0.300 e. The number of carbonyl (C=O) groups is 3. The minimum atomic E-state index is -0.833. The molecule has 39 heavy (non-hydrogen) atoms. The Morgan fingerprint density at radius 1 is 0.667 bits per heavy atom. The second-order valence-electron chi connectivity index (χ2n) is 8.96. The zero-order chi connectivity index (χ0) is 32.1. The molecule has 3 heterocycles. The van der Waals surface area contributed by atoms with Gasteiger partial charge in [-0.05, 0) is 23.8 Å². The Labute approximate surface area is 239 Å². The first-order valence-electron chi connectivity index (χ1n) is 12.2. The molecule has 0 unspecified atom stereocenters. The molecule has 0 saturated carbocycles. The number of aliphatic carboxylic acids is 3. The van der Waals surface area contributed by atoms with Gasteiger partial charge in [0.25, 0.3) is 17.9 Å². The lowest BCUT2D eigenvalue weighted by Crippen LogP contribution is -1.78. The Balaban J connectivity index is -0.0000000788. The van der Waals surface area contributed by atoms with E-state index in [2.05, 4.69) is 87.5 Å². The van der Waals surface area contributed by atoms with Crippen LogP contribution in [0.25, 0.3) is 0 Å². The molecule has 3 aromatic rings. The second kappa shape index (κ2) is 44.5. The quantitative estimate of drug-likeness (QED) is 0.185. The molecule has 11 nitrogen and oxygen atoms in total. The lowest BCUT2D eigenvalue weighted by atomic mass is 10.3. The van der Waals surface area contributed by atoms with Gasteiger partial charge in [0.2, 0.25) is 0 Å². The van der Waals surface area contributed by atoms with Gasteiger partial charge < -0.3 is 20.3 Å². The van der Waals surface area contributed by atoms with E-state index in [0.717, 1.165) is 38.5 Å². The van der Waals surface area contributed by atoms with E-state index in [9.17, 15) is 0 Å². The van der Waals surface area contributed by atoms with Crippen LogP contribution in [0.4, 0.5) is 0 Å². The number of H-pyrrole nitrogens is 2. The molecule has 0 aliphatic heterocycles. The van der Waals surface area contributed by atoms with Crippen molar-refractivity contribution in [3.8, 4) is 0 Å². The van der Waals surface area contributed by atoms with E-state index in [4.69, 9.17) is 29.7 Å². The van der Waals surface area contributed by atoms with Gasteiger partial charge in [0.15, 0.2) is 0 Å². The molecule has 0 aromatic carbocycles. The molecule has 0 amide bonds. The van der Waals surface area contributed by atoms with Crippen molar-refractivity contribution in [3.05, 3.63) is 54.3 Å². The van der Waals surface area contributed by atoms with Crippen molar-refractivity contribution < 1.29 is 29.7 Å². The van der Waals surface area contributed by atoms with Crippen LogP contribution >= 0.6 is 11.3 Å². The summed E-state index contributed by atoms with van der Waals surface area (Å²) in [5.41, 5.74) is 1.79. The van der Waals surface area contributed by atoms with Crippen LogP contribution in [-0.4, -0.2) is 58.4 Å². The third kappa shape index (κ3) is 276. The van der Waals surface area contributed by atoms with Crippen molar-refractivity contribution in [1.29, 1.82) is 0 Å². The first-order chi connectivity index (χ1) is 17.9. The highest BCUT2D eigenvalue weighted by molar-refractivity contribution is 7.07. The monoisotopic (exact) mass is 575 g/mol. The molecule has 3 aromatic heterocycles. The van der Waals surface area contributed by atoms with Gasteiger partial charge >= 0.3 is 0 Å². The fourth-order valence-corrected chi connectivity index (χ4v) is 0.957. The number of nitrogens with one attached hydrogen (secondary N) is 2. The molecule has 0 aliphatic carbocycles. The number of nitrogens with zero attached hydrogens (tertiary/aromatic N) is 3. The Hall–Kier alpha value is -3.54. The highest BCUT2D eigenvalue weighted by Gasteiger charge is 1.69. The lowest BCUT2D eigenvalue weighted by molar-refractivity contribution is -0.135. The summed E-state index contributed by atoms with van der Waals surface area (Å²) in [4.78, 5) is 37.2. The van der Waals surface area contributed by atoms with Crippen LogP contribution in [0.1, 0.15) is 83.1 Å². The molecule has 228 valence electrons. The van der Waals surface area contributed by atoms with E-state index >= 15 is 0 Å². The molecule has 12 heteroatoms. The standard InChI is InChI=1S/3C4H10.2C3H4N2.C3H3NS.3C2H4O2/c3*1-4(2)3;1-2-5-3-4-1;1-2-4-5-3-1;1-2-5-3-4-1;3*1-2(3)4/h3*4H,1-3H3;2*1-3H,(H,4,5);1-3H;3*1H3,(H,3,4). The molecule has 5 N–H and O–H groups in total. The van der Waals surface area contributed by atoms with E-state index < -0.39 is 17.9 Å². The second-order valence-corrected chi connectivity index (χ2v) is 9.71. The average Bonchev–Trinajstić information content (AvgIpc) is 3.54. The molecular weight excluding hydrogens is 522 g/mol. The fourth-order valence-electron chi connectivity index (χ4n) is 0.606. The Morgan fingerprint density at radius 2 is 1.05 bits per heavy atom. The molecule has 0 spiro atoms. The van der Waals surface area contributed by atoms with Crippen molar-refractivity contribution in [2.24, 2.45) is 17.8 Å². The van der Waals surface area contributed by atoms with Gasteiger partial charge in [-0.15, -0.1) is 11.3 Å². The van der Waals surface area contributed by atoms with Gasteiger partial charge in [-0.25, -0.2) is 4.98 Å². The first kappa shape index (κ1) is 48.5. The van der Waals surface area contributed by atoms with Crippen LogP contribution < -0.4 is 0 Å². The van der Waals surface area contributed by atoms with Crippen molar-refractivity contribution in [3.63, 3.8) is 0 Å². The Bertz CT molecular complexity index is 588. The normalized spacial score (nSPS) is 7.77. The van der Waals surface area contributed by atoms with E-state index in [1.165, 1.54) is 0 Å². The average molecular weight is 576 g/mol. The molecule has 0 aliphatic rings. The summed E-state index contributed by atoms with van der Waals surface area (Å²) < 4.78 is 0. The first-order valence-corrected chi connectivity index (χ1v) is 13.1. The minimum Gasteiger partial charge on any atom is -0.481 e. The van der Waals surface area contributed by atoms with Gasteiger partial charge in [-0.3, -0.25) is 24.5 Å². The van der Waals surface area contributed by atoms with Crippen LogP contribution in [0.3, 0.4) is 0 Å². The zero-order valence-electron chi connectivity index (χ0n) is 25.7. The highest BCUT2D eigenvalue weighted by atomic mass is 32.1. The van der Waals surface area contributed by atoms with E-state index in [0.29, 0.717) is 0 Å². The van der Waals surface area contributed by atoms with Crippen molar-refractivity contribution >= 4 is 29.2 Å². The van der Waals surface area contributed by atoms with Gasteiger partial charge in [-0.2, -0.15) is 5.10 Å². The van der Waals surface area contributed by atoms with Gasteiger partial charge in [0, 0.05) is 57.1 Å². The third-order valence-electron chi connectivity index (χ3n) is 1.16. The molecule has 0 radical (unpaired) electrons. The van der Waals surface area contributed by atoms with E-state index in [-0.39, 0.29) is 0 Å². The summed E-state index contributed by atoms with van der Waals surface area (Å²) in [5.74, 6) is -0.000000000000000222. The summed E-state index contributed by atoms with van der Waals surface area (Å²) in [6.07, 6.45) is 10.3. The number of aromatic nitrogens is 5. The van der Waals surface area contributed by atoms with Crippen LogP contribution in [0, 0.1) is 17.8 Å². The molecule has 0 fully saturated rings. The predicted octanol–water partition coefficient (Wildman–Crippen LogP) is 7.22. The predicted molar refractivity (Wildman–Crippen MR) is 161 cm³/mol. The number of thiazole rings is 1. The van der Waals surface area contributed by atoms with Crippen LogP contribution in [0.2, 0.25) is 0 Å². The minimum absolute atomic E-state index is 0.833. The number of rotatable bonds is 0. The Morgan fingerprint density at radius 3 is 1.13 bits per heavy atom. The third-order valence-corrected chi connectivity index (χ3v) is 1.68. The number of hydrogen-bond acceptors (Lipinski definition) is 7. The van der Waals surface area contributed by atoms with Gasteiger partial charge in [0.1, 0.15) is 0 Å².